The normalized spacial score (nSPS) is 15.2. The molecule has 0 atom stereocenters. The zero-order valence-electron chi connectivity index (χ0n) is 13.5. The monoisotopic (exact) mass is 326 g/mol. The van der Waals surface area contributed by atoms with E-state index in [2.05, 4.69) is 20.0 Å². The molecule has 2 aromatic heterocycles. The van der Waals surface area contributed by atoms with E-state index in [-0.39, 0.29) is 5.82 Å². The van der Waals surface area contributed by atoms with Crippen LogP contribution in [0.25, 0.3) is 22.3 Å². The molecule has 7 heteroatoms. The molecule has 3 aromatic rings. The van der Waals surface area contributed by atoms with Crippen molar-refractivity contribution < 1.29 is 4.39 Å². The molecule has 1 saturated heterocycles. The standard InChI is InChI=1S/C17H19FN6/c1-23-15(19)13-14(11-7-3-4-8-12(11)18)20-17(21-16(13)22-23)24-9-5-2-6-10-24/h3-4,7-8H,2,5-6,9-10,19H2,1H3. The molecule has 0 spiro atoms. The minimum atomic E-state index is -0.328. The predicted molar refractivity (Wildman–Crippen MR) is 92.2 cm³/mol. The molecule has 4 rings (SSSR count). The molecule has 1 aliphatic heterocycles. The van der Waals surface area contributed by atoms with Gasteiger partial charge in [-0.15, -0.1) is 0 Å². The Labute approximate surface area is 139 Å². The Morgan fingerprint density at radius 3 is 2.58 bits per heavy atom. The van der Waals surface area contributed by atoms with Gasteiger partial charge in [0.05, 0.1) is 11.1 Å². The number of nitrogens with zero attached hydrogens (tertiary/aromatic N) is 5. The summed E-state index contributed by atoms with van der Waals surface area (Å²) in [6, 6.07) is 6.59. The Morgan fingerprint density at radius 1 is 1.08 bits per heavy atom. The zero-order chi connectivity index (χ0) is 16.7. The second-order valence-electron chi connectivity index (χ2n) is 6.11. The van der Waals surface area contributed by atoms with E-state index in [4.69, 9.17) is 5.73 Å². The molecule has 6 nitrogen and oxygen atoms in total. The first-order valence-electron chi connectivity index (χ1n) is 8.15. The van der Waals surface area contributed by atoms with Crippen LogP contribution in [0.3, 0.4) is 0 Å². The van der Waals surface area contributed by atoms with Crippen LogP contribution in [0.15, 0.2) is 24.3 Å². The number of hydrogen-bond donors (Lipinski definition) is 1. The Bertz CT molecular complexity index is 897. The fraction of sp³-hybridized carbons (Fsp3) is 0.353. The number of aryl methyl sites for hydroxylation is 1. The molecular weight excluding hydrogens is 307 g/mol. The minimum absolute atomic E-state index is 0.328. The summed E-state index contributed by atoms with van der Waals surface area (Å²) in [6.07, 6.45) is 3.44. The van der Waals surface area contributed by atoms with E-state index in [1.54, 1.807) is 29.9 Å². The Kier molecular flexibility index (Phi) is 3.55. The Balaban J connectivity index is 1.97. The van der Waals surface area contributed by atoms with E-state index in [9.17, 15) is 4.39 Å². The molecule has 1 aliphatic rings. The maximum Gasteiger partial charge on any atom is 0.228 e. The highest BCUT2D eigenvalue weighted by Gasteiger charge is 2.22. The lowest BCUT2D eigenvalue weighted by atomic mass is 10.1. The van der Waals surface area contributed by atoms with Gasteiger partial charge in [0.15, 0.2) is 5.65 Å². The van der Waals surface area contributed by atoms with E-state index < -0.39 is 0 Å². The van der Waals surface area contributed by atoms with Crippen molar-refractivity contribution in [3.05, 3.63) is 30.1 Å². The molecule has 0 bridgehead atoms. The molecule has 0 aliphatic carbocycles. The van der Waals surface area contributed by atoms with Crippen molar-refractivity contribution in [1.82, 2.24) is 19.7 Å². The van der Waals surface area contributed by atoms with Crippen LogP contribution in [-0.4, -0.2) is 32.8 Å². The van der Waals surface area contributed by atoms with Crippen LogP contribution in [-0.2, 0) is 7.05 Å². The average molecular weight is 326 g/mol. The van der Waals surface area contributed by atoms with E-state index in [1.807, 2.05) is 0 Å². The first-order valence-corrected chi connectivity index (χ1v) is 8.15. The number of anilines is 2. The lowest BCUT2D eigenvalue weighted by Crippen LogP contribution is -2.31. The highest BCUT2D eigenvalue weighted by molar-refractivity contribution is 5.99. The summed E-state index contributed by atoms with van der Waals surface area (Å²) < 4.78 is 15.9. The van der Waals surface area contributed by atoms with Gasteiger partial charge in [-0.25, -0.2) is 9.37 Å². The van der Waals surface area contributed by atoms with Crippen LogP contribution in [0.4, 0.5) is 16.2 Å². The van der Waals surface area contributed by atoms with E-state index in [0.717, 1.165) is 25.9 Å². The fourth-order valence-corrected chi connectivity index (χ4v) is 3.19. The van der Waals surface area contributed by atoms with E-state index in [0.29, 0.717) is 34.1 Å². The summed E-state index contributed by atoms with van der Waals surface area (Å²) in [5, 5.41) is 4.98. The number of benzene rings is 1. The van der Waals surface area contributed by atoms with Gasteiger partial charge in [0, 0.05) is 25.7 Å². The van der Waals surface area contributed by atoms with Gasteiger partial charge in [-0.2, -0.15) is 10.1 Å². The van der Waals surface area contributed by atoms with E-state index >= 15 is 0 Å². The molecule has 1 aromatic carbocycles. The molecule has 0 amide bonds. The maximum atomic E-state index is 14.4. The van der Waals surface area contributed by atoms with Gasteiger partial charge >= 0.3 is 0 Å². The molecule has 24 heavy (non-hydrogen) atoms. The molecule has 2 N–H and O–H groups in total. The van der Waals surface area contributed by atoms with Crippen LogP contribution in [0, 0.1) is 5.82 Å². The number of nitrogens with two attached hydrogens (primary N) is 1. The zero-order valence-corrected chi connectivity index (χ0v) is 13.5. The number of rotatable bonds is 2. The Hall–Kier alpha value is -2.70. The maximum absolute atomic E-state index is 14.4. The highest BCUT2D eigenvalue weighted by atomic mass is 19.1. The SMILES string of the molecule is Cn1nc2nc(N3CCCCC3)nc(-c3ccccc3F)c2c1N. The summed E-state index contributed by atoms with van der Waals surface area (Å²) in [5.41, 5.74) is 7.57. The molecule has 0 unspecified atom stereocenters. The van der Waals surface area contributed by atoms with Crippen molar-refractivity contribution in [2.45, 2.75) is 19.3 Å². The quantitative estimate of drug-likeness (QED) is 0.784. The van der Waals surface area contributed by atoms with Gasteiger partial charge in [0.25, 0.3) is 0 Å². The summed E-state index contributed by atoms with van der Waals surface area (Å²) in [6.45, 7) is 1.81. The van der Waals surface area contributed by atoms with Crippen LogP contribution in [0.2, 0.25) is 0 Å². The van der Waals surface area contributed by atoms with Crippen molar-refractivity contribution in [3.8, 4) is 11.3 Å². The van der Waals surface area contributed by atoms with Crippen molar-refractivity contribution in [3.63, 3.8) is 0 Å². The van der Waals surface area contributed by atoms with E-state index in [1.165, 1.54) is 12.5 Å². The van der Waals surface area contributed by atoms with Crippen LogP contribution in [0.1, 0.15) is 19.3 Å². The first kappa shape index (κ1) is 14.9. The fourth-order valence-electron chi connectivity index (χ4n) is 3.19. The number of nitrogen functional groups attached to an aromatic ring is 1. The van der Waals surface area contributed by atoms with Gasteiger partial charge in [-0.1, -0.05) is 12.1 Å². The number of fused-ring (bicyclic) bond motifs is 1. The second-order valence-corrected chi connectivity index (χ2v) is 6.11. The molecule has 124 valence electrons. The second kappa shape index (κ2) is 5.74. The topological polar surface area (TPSA) is 72.9 Å². The first-order chi connectivity index (χ1) is 11.6. The van der Waals surface area contributed by atoms with Crippen molar-refractivity contribution in [2.24, 2.45) is 7.05 Å². The number of halogens is 1. The summed E-state index contributed by atoms with van der Waals surface area (Å²) >= 11 is 0. The van der Waals surface area contributed by atoms with Gasteiger partial charge in [0.2, 0.25) is 5.95 Å². The number of piperidine rings is 1. The summed E-state index contributed by atoms with van der Waals surface area (Å²) in [4.78, 5) is 11.4. The Morgan fingerprint density at radius 2 is 1.83 bits per heavy atom. The van der Waals surface area contributed by atoms with Crippen LogP contribution in [0.5, 0.6) is 0 Å². The van der Waals surface area contributed by atoms with Gasteiger partial charge in [-0.3, -0.25) is 4.68 Å². The average Bonchev–Trinajstić information content (AvgIpc) is 2.90. The minimum Gasteiger partial charge on any atom is -0.383 e. The third-order valence-corrected chi connectivity index (χ3v) is 4.50. The van der Waals surface area contributed by atoms with Gasteiger partial charge < -0.3 is 10.6 Å². The third kappa shape index (κ3) is 2.36. The lowest BCUT2D eigenvalue weighted by Gasteiger charge is -2.26. The van der Waals surface area contributed by atoms with Crippen molar-refractivity contribution in [1.29, 1.82) is 0 Å². The van der Waals surface area contributed by atoms with Gasteiger partial charge in [0.1, 0.15) is 11.6 Å². The highest BCUT2D eigenvalue weighted by Crippen LogP contribution is 2.33. The van der Waals surface area contributed by atoms with Crippen LogP contribution < -0.4 is 10.6 Å². The largest absolute Gasteiger partial charge is 0.383 e. The molecular formula is C17H19FN6. The smallest absolute Gasteiger partial charge is 0.228 e. The lowest BCUT2D eigenvalue weighted by molar-refractivity contribution is 0.569. The van der Waals surface area contributed by atoms with Crippen molar-refractivity contribution in [2.75, 3.05) is 23.7 Å². The molecule has 3 heterocycles. The third-order valence-electron chi connectivity index (χ3n) is 4.50. The molecule has 0 radical (unpaired) electrons. The summed E-state index contributed by atoms with van der Waals surface area (Å²) in [5.74, 6) is 0.706. The van der Waals surface area contributed by atoms with Crippen molar-refractivity contribution >= 4 is 22.8 Å². The number of hydrogen-bond acceptors (Lipinski definition) is 5. The predicted octanol–water partition coefficient (Wildman–Crippen LogP) is 2.74. The number of aromatic nitrogens is 4. The van der Waals surface area contributed by atoms with Crippen LogP contribution >= 0.6 is 0 Å². The van der Waals surface area contributed by atoms with Gasteiger partial charge in [-0.05, 0) is 31.4 Å². The summed E-state index contributed by atoms with van der Waals surface area (Å²) in [7, 11) is 1.75. The molecule has 0 saturated carbocycles. The molecule has 1 fully saturated rings.